The van der Waals surface area contributed by atoms with Crippen LogP contribution in [-0.2, 0) is 4.79 Å². The molecular weight excluding hydrogens is 371 g/mol. The topological polar surface area (TPSA) is 58.6 Å². The van der Waals surface area contributed by atoms with Crippen molar-refractivity contribution in [3.8, 4) is 5.75 Å². The highest BCUT2D eigenvalue weighted by molar-refractivity contribution is 6.01. The molecule has 3 unspecified atom stereocenters. The number of rotatable bonds is 4. The number of hydrogen-bond donors (Lipinski definition) is 1. The van der Waals surface area contributed by atoms with E-state index in [1.54, 1.807) is 23.1 Å². The van der Waals surface area contributed by atoms with Gasteiger partial charge in [-0.1, -0.05) is 31.0 Å². The van der Waals surface area contributed by atoms with Crippen LogP contribution < -0.4 is 10.1 Å². The van der Waals surface area contributed by atoms with E-state index in [1.807, 2.05) is 18.2 Å². The molecule has 2 fully saturated rings. The molecule has 0 radical (unpaired) electrons. The van der Waals surface area contributed by atoms with E-state index < -0.39 is 11.9 Å². The molecule has 1 aliphatic heterocycles. The van der Waals surface area contributed by atoms with Crippen molar-refractivity contribution >= 4 is 17.5 Å². The number of benzene rings is 2. The number of nitrogens with zero attached hydrogens (tertiary/aromatic N) is 1. The number of methoxy groups -OCH3 is 1. The van der Waals surface area contributed by atoms with Gasteiger partial charge in [0, 0.05) is 23.4 Å². The highest BCUT2D eigenvalue weighted by Crippen LogP contribution is 2.41. The van der Waals surface area contributed by atoms with Crippen molar-refractivity contribution in [2.75, 3.05) is 12.4 Å². The maximum atomic E-state index is 14.0. The van der Waals surface area contributed by atoms with Crippen molar-refractivity contribution in [2.45, 2.75) is 44.2 Å². The third kappa shape index (κ3) is 3.84. The van der Waals surface area contributed by atoms with E-state index in [4.69, 9.17) is 4.74 Å². The van der Waals surface area contributed by atoms with E-state index in [1.165, 1.54) is 19.2 Å². The lowest BCUT2D eigenvalue weighted by Crippen LogP contribution is -2.47. The number of carbonyl (C=O) groups is 2. The van der Waals surface area contributed by atoms with Crippen molar-refractivity contribution in [3.63, 3.8) is 0 Å². The predicted octanol–water partition coefficient (Wildman–Crippen LogP) is 4.25. The van der Waals surface area contributed by atoms with Gasteiger partial charge in [0.25, 0.3) is 5.91 Å². The van der Waals surface area contributed by atoms with Crippen LogP contribution in [0.5, 0.6) is 5.75 Å². The maximum Gasteiger partial charge on any atom is 0.254 e. The summed E-state index contributed by atoms with van der Waals surface area (Å²) in [6.45, 7) is 0. The number of amides is 2. The maximum absolute atomic E-state index is 14.0. The summed E-state index contributed by atoms with van der Waals surface area (Å²) in [6.07, 6.45) is 4.80. The Morgan fingerprint density at radius 2 is 1.86 bits per heavy atom. The molecule has 1 saturated carbocycles. The van der Waals surface area contributed by atoms with E-state index in [0.29, 0.717) is 23.6 Å². The van der Waals surface area contributed by atoms with Gasteiger partial charge in [0.2, 0.25) is 5.91 Å². The van der Waals surface area contributed by atoms with E-state index >= 15 is 0 Å². The van der Waals surface area contributed by atoms with Crippen molar-refractivity contribution in [3.05, 3.63) is 59.9 Å². The Kier molecular flexibility index (Phi) is 5.51. The van der Waals surface area contributed by atoms with E-state index in [0.717, 1.165) is 25.7 Å². The van der Waals surface area contributed by atoms with Gasteiger partial charge in [-0.15, -0.1) is 0 Å². The molecule has 3 atom stereocenters. The number of halogens is 1. The zero-order chi connectivity index (χ0) is 20.4. The lowest BCUT2D eigenvalue weighted by molar-refractivity contribution is -0.120. The molecule has 0 bridgehead atoms. The van der Waals surface area contributed by atoms with Gasteiger partial charge >= 0.3 is 0 Å². The van der Waals surface area contributed by atoms with Crippen LogP contribution in [0, 0.1) is 11.7 Å². The summed E-state index contributed by atoms with van der Waals surface area (Å²) < 4.78 is 18.9. The van der Waals surface area contributed by atoms with Gasteiger partial charge in [0.15, 0.2) is 11.6 Å². The van der Waals surface area contributed by atoms with Crippen LogP contribution in [0.4, 0.5) is 10.1 Å². The first-order valence-corrected chi connectivity index (χ1v) is 10.1. The highest BCUT2D eigenvalue weighted by Gasteiger charge is 2.47. The second-order valence-corrected chi connectivity index (χ2v) is 7.78. The van der Waals surface area contributed by atoms with Crippen molar-refractivity contribution in [1.82, 2.24) is 4.90 Å². The van der Waals surface area contributed by atoms with Crippen molar-refractivity contribution in [2.24, 2.45) is 5.92 Å². The number of ether oxygens (including phenoxy) is 1. The number of carbonyl (C=O) groups excluding carboxylic acids is 2. The first kappa shape index (κ1) is 19.4. The van der Waals surface area contributed by atoms with Gasteiger partial charge in [0.05, 0.1) is 7.11 Å². The van der Waals surface area contributed by atoms with Gasteiger partial charge < -0.3 is 15.0 Å². The number of anilines is 1. The Bertz CT molecular complexity index is 902. The Morgan fingerprint density at radius 3 is 2.59 bits per heavy atom. The van der Waals surface area contributed by atoms with Crippen LogP contribution >= 0.6 is 0 Å². The molecule has 1 aliphatic carbocycles. The summed E-state index contributed by atoms with van der Waals surface area (Å²) in [5.41, 5.74) is 0.947. The fourth-order valence-electron chi connectivity index (χ4n) is 4.69. The Labute approximate surface area is 169 Å². The second kappa shape index (κ2) is 8.23. The van der Waals surface area contributed by atoms with E-state index in [-0.39, 0.29) is 23.6 Å². The van der Waals surface area contributed by atoms with Gasteiger partial charge in [-0.3, -0.25) is 9.59 Å². The molecule has 152 valence electrons. The average Bonchev–Trinajstić information content (AvgIpc) is 3.14. The zero-order valence-electron chi connectivity index (χ0n) is 16.4. The summed E-state index contributed by atoms with van der Waals surface area (Å²) in [5, 5.41) is 2.79. The molecule has 1 N–H and O–H groups in total. The van der Waals surface area contributed by atoms with Crippen LogP contribution in [-0.4, -0.2) is 35.9 Å². The third-order valence-electron chi connectivity index (χ3n) is 6.07. The minimum atomic E-state index is -0.555. The summed E-state index contributed by atoms with van der Waals surface area (Å²) in [6, 6.07) is 12.9. The van der Waals surface area contributed by atoms with Crippen LogP contribution in [0.1, 0.15) is 42.5 Å². The second-order valence-electron chi connectivity index (χ2n) is 7.78. The average molecular weight is 396 g/mol. The van der Waals surface area contributed by atoms with Gasteiger partial charge in [-0.25, -0.2) is 4.39 Å². The first-order valence-electron chi connectivity index (χ1n) is 10.1. The van der Waals surface area contributed by atoms with Crippen molar-refractivity contribution < 1.29 is 18.7 Å². The van der Waals surface area contributed by atoms with Crippen molar-refractivity contribution in [1.29, 1.82) is 0 Å². The van der Waals surface area contributed by atoms with Gasteiger partial charge in [-0.2, -0.15) is 0 Å². The molecule has 2 amide bonds. The fourth-order valence-corrected chi connectivity index (χ4v) is 4.69. The molecule has 6 heteroatoms. The summed E-state index contributed by atoms with van der Waals surface area (Å²) in [4.78, 5) is 28.2. The van der Waals surface area contributed by atoms with E-state index in [9.17, 15) is 14.0 Å². The molecule has 1 saturated heterocycles. The predicted molar refractivity (Wildman–Crippen MR) is 108 cm³/mol. The lowest BCUT2D eigenvalue weighted by atomic mass is 9.84. The standard InChI is InChI=1S/C23H25FN2O3/c1-29-21-12-11-17(14-18(21)24)25-22(27)20-13-16-9-5-6-10-19(16)26(20)23(28)15-7-3-2-4-8-15/h2-4,7-8,11-12,14,16,19-20H,5-6,9-10,13H2,1H3,(H,25,27). The fraction of sp³-hybridized carbons (Fsp3) is 0.391. The minimum absolute atomic E-state index is 0.0832. The third-order valence-corrected chi connectivity index (χ3v) is 6.07. The highest BCUT2D eigenvalue weighted by atomic mass is 19.1. The number of likely N-dealkylation sites (tertiary alicyclic amines) is 1. The largest absolute Gasteiger partial charge is 0.494 e. The Balaban J connectivity index is 1.58. The zero-order valence-corrected chi connectivity index (χ0v) is 16.4. The summed E-state index contributed by atoms with van der Waals surface area (Å²) >= 11 is 0. The molecule has 1 heterocycles. The quantitative estimate of drug-likeness (QED) is 0.841. The van der Waals surface area contributed by atoms with E-state index in [2.05, 4.69) is 5.32 Å². The molecule has 0 spiro atoms. The van der Waals surface area contributed by atoms with Crippen LogP contribution in [0.2, 0.25) is 0 Å². The molecule has 4 rings (SSSR count). The number of hydrogen-bond acceptors (Lipinski definition) is 3. The SMILES string of the molecule is COc1ccc(NC(=O)C2CC3CCCCC3N2C(=O)c2ccccc2)cc1F. The van der Waals surface area contributed by atoms with Gasteiger partial charge in [0.1, 0.15) is 6.04 Å². The molecule has 2 aliphatic rings. The van der Waals surface area contributed by atoms with Crippen LogP contribution in [0.3, 0.4) is 0 Å². The molecule has 2 aromatic rings. The first-order chi connectivity index (χ1) is 14.1. The number of nitrogens with one attached hydrogen (secondary N) is 1. The Hall–Kier alpha value is -2.89. The molecular formula is C23H25FN2O3. The molecule has 2 aromatic carbocycles. The molecule has 5 nitrogen and oxygen atoms in total. The summed E-state index contributed by atoms with van der Waals surface area (Å²) in [7, 11) is 1.39. The van der Waals surface area contributed by atoms with Crippen LogP contribution in [0.25, 0.3) is 0 Å². The van der Waals surface area contributed by atoms with Crippen LogP contribution in [0.15, 0.2) is 48.5 Å². The Morgan fingerprint density at radius 1 is 1.10 bits per heavy atom. The molecule has 0 aromatic heterocycles. The number of fused-ring (bicyclic) bond motifs is 1. The van der Waals surface area contributed by atoms with Gasteiger partial charge in [-0.05, 0) is 49.4 Å². The summed E-state index contributed by atoms with van der Waals surface area (Å²) in [5.74, 6) is -0.465. The monoisotopic (exact) mass is 396 g/mol. The normalized spacial score (nSPS) is 23.4. The molecule has 29 heavy (non-hydrogen) atoms. The smallest absolute Gasteiger partial charge is 0.254 e. The minimum Gasteiger partial charge on any atom is -0.494 e. The lowest BCUT2D eigenvalue weighted by Gasteiger charge is -2.33.